The first-order valence-corrected chi connectivity index (χ1v) is 7.51. The van der Waals surface area contributed by atoms with Gasteiger partial charge in [0, 0.05) is 11.8 Å². The molecule has 0 spiro atoms. The van der Waals surface area contributed by atoms with E-state index in [4.69, 9.17) is 4.74 Å². The number of rotatable bonds is 4. The van der Waals surface area contributed by atoms with Gasteiger partial charge in [0.05, 0.1) is 5.69 Å². The minimum absolute atomic E-state index is 0.302. The number of aliphatic hydroxyl groups is 1. The van der Waals surface area contributed by atoms with E-state index in [0.717, 1.165) is 11.3 Å². The van der Waals surface area contributed by atoms with Crippen molar-refractivity contribution in [3.8, 4) is 22.8 Å². The van der Waals surface area contributed by atoms with E-state index in [0.29, 0.717) is 17.3 Å². The molecule has 0 amide bonds. The van der Waals surface area contributed by atoms with Crippen molar-refractivity contribution in [2.75, 3.05) is 0 Å². The number of hydrogen-bond acceptors (Lipinski definition) is 4. The van der Waals surface area contributed by atoms with Crippen LogP contribution in [0, 0.1) is 5.82 Å². The Balaban J connectivity index is 1.80. The zero-order chi connectivity index (χ0) is 17.2. The van der Waals surface area contributed by atoms with Crippen LogP contribution in [0.25, 0.3) is 11.3 Å². The second kappa shape index (κ2) is 6.37. The van der Waals surface area contributed by atoms with Crippen molar-refractivity contribution in [2.45, 2.75) is 19.4 Å². The van der Waals surface area contributed by atoms with Crippen LogP contribution in [0.15, 0.2) is 60.8 Å². The third-order valence-electron chi connectivity index (χ3n) is 3.40. The molecule has 0 aliphatic carbocycles. The van der Waals surface area contributed by atoms with Crippen LogP contribution in [0.5, 0.6) is 11.5 Å². The van der Waals surface area contributed by atoms with Gasteiger partial charge in [-0.05, 0) is 68.4 Å². The van der Waals surface area contributed by atoms with Gasteiger partial charge >= 0.3 is 0 Å². The van der Waals surface area contributed by atoms with Crippen LogP contribution in [0.3, 0.4) is 0 Å². The molecule has 0 unspecified atom stereocenters. The van der Waals surface area contributed by atoms with E-state index in [1.54, 1.807) is 38.2 Å². The fourth-order valence-electron chi connectivity index (χ4n) is 2.15. The van der Waals surface area contributed by atoms with E-state index in [-0.39, 0.29) is 5.82 Å². The molecular weight excluding hydrogens is 307 g/mol. The molecule has 2 aromatic carbocycles. The molecule has 0 bridgehead atoms. The number of ether oxygens (including phenoxy) is 1. The van der Waals surface area contributed by atoms with Crippen LogP contribution < -0.4 is 4.74 Å². The first-order chi connectivity index (χ1) is 11.4. The number of hydrogen-bond donors (Lipinski definition) is 1. The quantitative estimate of drug-likeness (QED) is 0.777. The predicted octanol–water partition coefficient (Wildman–Crippen LogP) is 4.30. The molecule has 0 radical (unpaired) electrons. The lowest BCUT2D eigenvalue weighted by Gasteiger charge is -2.15. The first kappa shape index (κ1) is 16.1. The van der Waals surface area contributed by atoms with E-state index < -0.39 is 5.60 Å². The molecular formula is C19H17FN2O2. The molecule has 0 saturated heterocycles. The molecule has 1 heterocycles. The van der Waals surface area contributed by atoms with E-state index in [1.807, 2.05) is 24.3 Å². The summed E-state index contributed by atoms with van der Waals surface area (Å²) in [6, 6.07) is 15.0. The molecule has 0 atom stereocenters. The average Bonchev–Trinajstić information content (AvgIpc) is 2.57. The normalized spacial score (nSPS) is 11.3. The monoisotopic (exact) mass is 324 g/mol. The van der Waals surface area contributed by atoms with E-state index >= 15 is 0 Å². The maximum absolute atomic E-state index is 12.9. The molecule has 0 fully saturated rings. The number of halogens is 1. The van der Waals surface area contributed by atoms with Gasteiger partial charge in [0.15, 0.2) is 5.82 Å². The van der Waals surface area contributed by atoms with Gasteiger partial charge in [-0.15, -0.1) is 0 Å². The van der Waals surface area contributed by atoms with Crippen LogP contribution >= 0.6 is 0 Å². The molecule has 1 aromatic heterocycles. The Labute approximate surface area is 139 Å². The SMILES string of the molecule is CC(C)(O)c1nccc(-c2ccc(Oc3ccc(F)cc3)cc2)n1. The number of aromatic nitrogens is 2. The second-order valence-electron chi connectivity index (χ2n) is 5.90. The highest BCUT2D eigenvalue weighted by Crippen LogP contribution is 2.26. The maximum atomic E-state index is 12.9. The Morgan fingerprint density at radius 1 is 0.917 bits per heavy atom. The van der Waals surface area contributed by atoms with Gasteiger partial charge in [-0.2, -0.15) is 0 Å². The van der Waals surface area contributed by atoms with Gasteiger partial charge in [-0.3, -0.25) is 0 Å². The molecule has 0 aliphatic heterocycles. The summed E-state index contributed by atoms with van der Waals surface area (Å²) in [5.74, 6) is 1.27. The summed E-state index contributed by atoms with van der Waals surface area (Å²) in [6.07, 6.45) is 1.62. The van der Waals surface area contributed by atoms with Crippen molar-refractivity contribution in [2.24, 2.45) is 0 Å². The molecule has 3 rings (SSSR count). The fourth-order valence-corrected chi connectivity index (χ4v) is 2.15. The Morgan fingerprint density at radius 3 is 2.08 bits per heavy atom. The zero-order valence-electron chi connectivity index (χ0n) is 13.4. The fraction of sp³-hybridized carbons (Fsp3) is 0.158. The third-order valence-corrected chi connectivity index (χ3v) is 3.40. The highest BCUT2D eigenvalue weighted by molar-refractivity contribution is 5.60. The zero-order valence-corrected chi connectivity index (χ0v) is 13.4. The first-order valence-electron chi connectivity index (χ1n) is 7.51. The van der Waals surface area contributed by atoms with Crippen LogP contribution in [-0.4, -0.2) is 15.1 Å². The van der Waals surface area contributed by atoms with Crippen molar-refractivity contribution in [1.82, 2.24) is 9.97 Å². The van der Waals surface area contributed by atoms with Gasteiger partial charge in [-0.1, -0.05) is 0 Å². The summed E-state index contributed by atoms with van der Waals surface area (Å²) in [4.78, 5) is 8.49. The standard InChI is InChI=1S/C19H17FN2O2/c1-19(2,23)18-21-12-11-17(22-18)13-3-7-15(8-4-13)24-16-9-5-14(20)6-10-16/h3-12,23H,1-2H3. The van der Waals surface area contributed by atoms with E-state index in [2.05, 4.69) is 9.97 Å². The highest BCUT2D eigenvalue weighted by atomic mass is 19.1. The lowest BCUT2D eigenvalue weighted by molar-refractivity contribution is 0.0688. The van der Waals surface area contributed by atoms with Crippen LogP contribution in [0.4, 0.5) is 4.39 Å². The molecule has 24 heavy (non-hydrogen) atoms. The molecule has 4 nitrogen and oxygen atoms in total. The van der Waals surface area contributed by atoms with Crippen molar-refractivity contribution < 1.29 is 14.2 Å². The van der Waals surface area contributed by atoms with Crippen molar-refractivity contribution in [1.29, 1.82) is 0 Å². The lowest BCUT2D eigenvalue weighted by atomic mass is 10.1. The summed E-state index contributed by atoms with van der Waals surface area (Å²) in [5.41, 5.74) is 0.506. The maximum Gasteiger partial charge on any atom is 0.159 e. The topological polar surface area (TPSA) is 55.2 Å². The minimum atomic E-state index is -1.10. The third kappa shape index (κ3) is 3.75. The van der Waals surface area contributed by atoms with Gasteiger partial charge in [0.25, 0.3) is 0 Å². The predicted molar refractivity (Wildman–Crippen MR) is 89.2 cm³/mol. The van der Waals surface area contributed by atoms with Gasteiger partial charge in [-0.25, -0.2) is 14.4 Å². The van der Waals surface area contributed by atoms with E-state index in [1.165, 1.54) is 12.1 Å². The summed E-state index contributed by atoms with van der Waals surface area (Å²) >= 11 is 0. The van der Waals surface area contributed by atoms with E-state index in [9.17, 15) is 9.50 Å². The summed E-state index contributed by atoms with van der Waals surface area (Å²) in [6.45, 7) is 3.29. The Hall–Kier alpha value is -2.79. The molecule has 5 heteroatoms. The molecule has 1 N–H and O–H groups in total. The summed E-state index contributed by atoms with van der Waals surface area (Å²) in [5, 5.41) is 10.0. The largest absolute Gasteiger partial charge is 0.457 e. The summed E-state index contributed by atoms with van der Waals surface area (Å²) < 4.78 is 18.6. The number of nitrogens with zero attached hydrogens (tertiary/aromatic N) is 2. The number of benzene rings is 2. The van der Waals surface area contributed by atoms with Crippen LogP contribution in [0.1, 0.15) is 19.7 Å². The smallest absolute Gasteiger partial charge is 0.159 e. The van der Waals surface area contributed by atoms with Crippen molar-refractivity contribution in [3.63, 3.8) is 0 Å². The summed E-state index contributed by atoms with van der Waals surface area (Å²) in [7, 11) is 0. The van der Waals surface area contributed by atoms with Crippen LogP contribution in [0.2, 0.25) is 0 Å². The Bertz CT molecular complexity index is 825. The van der Waals surface area contributed by atoms with Gasteiger partial charge in [0.1, 0.15) is 22.9 Å². The Morgan fingerprint density at radius 2 is 1.50 bits per heavy atom. The average molecular weight is 324 g/mol. The highest BCUT2D eigenvalue weighted by Gasteiger charge is 2.19. The van der Waals surface area contributed by atoms with Crippen molar-refractivity contribution in [3.05, 3.63) is 72.4 Å². The second-order valence-corrected chi connectivity index (χ2v) is 5.90. The minimum Gasteiger partial charge on any atom is -0.457 e. The van der Waals surface area contributed by atoms with Gasteiger partial charge < -0.3 is 9.84 Å². The lowest BCUT2D eigenvalue weighted by Crippen LogP contribution is -2.19. The Kier molecular flexibility index (Phi) is 4.27. The molecule has 0 aliphatic rings. The molecule has 3 aromatic rings. The molecule has 0 saturated carbocycles. The van der Waals surface area contributed by atoms with Crippen LogP contribution in [-0.2, 0) is 5.60 Å². The van der Waals surface area contributed by atoms with Gasteiger partial charge in [0.2, 0.25) is 0 Å². The molecule has 122 valence electrons. The van der Waals surface area contributed by atoms with Crippen molar-refractivity contribution >= 4 is 0 Å².